The van der Waals surface area contributed by atoms with Gasteiger partial charge in [-0.25, -0.2) is 18.7 Å². The molecule has 5 rings (SSSR count). The monoisotopic (exact) mass is 411 g/mol. The van der Waals surface area contributed by atoms with Gasteiger partial charge in [0.05, 0.1) is 24.1 Å². The molecule has 0 saturated carbocycles. The number of halogens is 2. The number of fused-ring (bicyclic) bond motifs is 1. The number of carbonyl (C=O) groups excluding carboxylic acids is 1. The molecule has 2 fully saturated rings. The Morgan fingerprint density at radius 2 is 1.97 bits per heavy atom. The van der Waals surface area contributed by atoms with Crippen molar-refractivity contribution in [3.63, 3.8) is 0 Å². The fourth-order valence-electron chi connectivity index (χ4n) is 4.20. The summed E-state index contributed by atoms with van der Waals surface area (Å²) in [4.78, 5) is 26.7. The van der Waals surface area contributed by atoms with E-state index in [-0.39, 0.29) is 17.5 Å². The number of alkyl halides is 1. The second kappa shape index (κ2) is 7.43. The van der Waals surface area contributed by atoms with Crippen molar-refractivity contribution in [2.75, 3.05) is 24.5 Å². The number of benzene rings is 1. The minimum Gasteiger partial charge on any atom is -0.339 e. The lowest BCUT2D eigenvalue weighted by atomic mass is 9.81. The van der Waals surface area contributed by atoms with Crippen LogP contribution >= 0.6 is 0 Å². The third kappa shape index (κ3) is 3.08. The summed E-state index contributed by atoms with van der Waals surface area (Å²) in [6, 6.07) is 5.87. The van der Waals surface area contributed by atoms with Crippen molar-refractivity contribution in [1.29, 1.82) is 0 Å². The van der Waals surface area contributed by atoms with Crippen LogP contribution in [0, 0.1) is 11.7 Å². The van der Waals surface area contributed by atoms with Crippen LogP contribution in [-0.4, -0.2) is 61.4 Å². The summed E-state index contributed by atoms with van der Waals surface area (Å²) >= 11 is 0. The van der Waals surface area contributed by atoms with Crippen LogP contribution < -0.4 is 4.90 Å². The SMILES string of the molecule is O=C(c1c(F)cccc1-n1nccn1)N1C[C@H]2CCN(c3nccc(CF)n3)C[C@H]21. The van der Waals surface area contributed by atoms with Gasteiger partial charge in [-0.2, -0.15) is 15.0 Å². The molecule has 1 amide bonds. The lowest BCUT2D eigenvalue weighted by molar-refractivity contribution is 0.00729. The van der Waals surface area contributed by atoms with Crippen LogP contribution in [0.4, 0.5) is 14.7 Å². The van der Waals surface area contributed by atoms with Crippen molar-refractivity contribution in [1.82, 2.24) is 29.9 Å². The zero-order chi connectivity index (χ0) is 20.7. The van der Waals surface area contributed by atoms with E-state index in [0.29, 0.717) is 36.3 Å². The molecule has 4 heterocycles. The van der Waals surface area contributed by atoms with Crippen LogP contribution in [0.3, 0.4) is 0 Å². The number of amides is 1. The van der Waals surface area contributed by atoms with Crippen LogP contribution in [0.5, 0.6) is 0 Å². The van der Waals surface area contributed by atoms with E-state index in [9.17, 15) is 13.6 Å². The average molecular weight is 411 g/mol. The minimum atomic E-state index is -0.655. The molecule has 8 nitrogen and oxygen atoms in total. The van der Waals surface area contributed by atoms with Gasteiger partial charge in [-0.3, -0.25) is 4.79 Å². The van der Waals surface area contributed by atoms with Crippen molar-refractivity contribution in [2.24, 2.45) is 5.92 Å². The maximum absolute atomic E-state index is 14.7. The highest BCUT2D eigenvalue weighted by atomic mass is 19.1. The number of aromatic nitrogens is 5. The van der Waals surface area contributed by atoms with Gasteiger partial charge in [-0.05, 0) is 24.6 Å². The molecule has 10 heteroatoms. The zero-order valence-corrected chi connectivity index (χ0v) is 16.0. The maximum Gasteiger partial charge on any atom is 0.259 e. The smallest absolute Gasteiger partial charge is 0.259 e. The predicted molar refractivity (Wildman–Crippen MR) is 103 cm³/mol. The summed E-state index contributed by atoms with van der Waals surface area (Å²) in [6.45, 7) is 1.18. The first-order valence-corrected chi connectivity index (χ1v) is 9.74. The lowest BCUT2D eigenvalue weighted by Crippen LogP contribution is -2.66. The lowest BCUT2D eigenvalue weighted by Gasteiger charge is -2.53. The van der Waals surface area contributed by atoms with E-state index in [1.807, 2.05) is 4.90 Å². The van der Waals surface area contributed by atoms with Crippen molar-refractivity contribution in [3.8, 4) is 5.69 Å². The zero-order valence-electron chi connectivity index (χ0n) is 16.0. The van der Waals surface area contributed by atoms with Gasteiger partial charge in [0.15, 0.2) is 0 Å². The Hall–Kier alpha value is -3.43. The minimum absolute atomic E-state index is 0.0417. The number of hydrogen-bond acceptors (Lipinski definition) is 6. The van der Waals surface area contributed by atoms with E-state index in [1.54, 1.807) is 17.0 Å². The first kappa shape index (κ1) is 18.6. The molecule has 154 valence electrons. The summed E-state index contributed by atoms with van der Waals surface area (Å²) in [6.07, 6.45) is 5.35. The van der Waals surface area contributed by atoms with Crippen LogP contribution in [0.2, 0.25) is 0 Å². The molecule has 2 saturated heterocycles. The predicted octanol–water partition coefficient (Wildman–Crippen LogP) is 2.02. The van der Waals surface area contributed by atoms with E-state index in [0.717, 1.165) is 13.0 Å². The Morgan fingerprint density at radius 1 is 1.13 bits per heavy atom. The molecule has 0 N–H and O–H groups in total. The largest absolute Gasteiger partial charge is 0.339 e. The third-order valence-corrected chi connectivity index (χ3v) is 5.77. The molecule has 0 spiro atoms. The Bertz CT molecular complexity index is 1070. The average Bonchev–Trinajstić information content (AvgIpc) is 3.29. The Morgan fingerprint density at radius 3 is 2.77 bits per heavy atom. The standard InChI is InChI=1S/C20H19F2N7O/c21-10-14-4-6-23-20(26-14)27-9-5-13-11-28(17(13)12-27)19(30)18-15(22)2-1-3-16(18)29-24-7-8-25-29/h1-4,6-8,13,17H,5,9-12H2/t13-,17-/m1/s1. The maximum atomic E-state index is 14.7. The Kier molecular flexibility index (Phi) is 4.61. The number of nitrogens with zero attached hydrogens (tertiary/aromatic N) is 7. The topological polar surface area (TPSA) is 80.0 Å². The quantitative estimate of drug-likeness (QED) is 0.654. The molecular formula is C20H19F2N7O. The second-order valence-corrected chi connectivity index (χ2v) is 7.45. The van der Waals surface area contributed by atoms with Gasteiger partial charge >= 0.3 is 0 Å². The van der Waals surface area contributed by atoms with Crippen LogP contribution in [0.15, 0.2) is 42.9 Å². The van der Waals surface area contributed by atoms with E-state index in [1.165, 1.54) is 35.5 Å². The summed E-state index contributed by atoms with van der Waals surface area (Å²) in [5.74, 6) is -0.199. The highest BCUT2D eigenvalue weighted by molar-refractivity contribution is 5.98. The summed E-state index contributed by atoms with van der Waals surface area (Å²) in [5, 5.41) is 8.07. The summed E-state index contributed by atoms with van der Waals surface area (Å²) in [7, 11) is 0. The van der Waals surface area contributed by atoms with Gasteiger partial charge in [-0.15, -0.1) is 0 Å². The van der Waals surface area contributed by atoms with Crippen LogP contribution in [-0.2, 0) is 6.67 Å². The Balaban J connectivity index is 1.40. The molecule has 2 atom stereocenters. The normalized spacial score (nSPS) is 20.6. The van der Waals surface area contributed by atoms with Crippen LogP contribution in [0.1, 0.15) is 22.5 Å². The molecule has 3 aromatic rings. The van der Waals surface area contributed by atoms with E-state index in [4.69, 9.17) is 0 Å². The molecule has 0 unspecified atom stereocenters. The first-order valence-electron chi connectivity index (χ1n) is 9.74. The van der Waals surface area contributed by atoms with Crippen molar-refractivity contribution >= 4 is 11.9 Å². The first-order chi connectivity index (χ1) is 14.7. The molecule has 30 heavy (non-hydrogen) atoms. The van der Waals surface area contributed by atoms with Crippen LogP contribution in [0.25, 0.3) is 5.69 Å². The van der Waals surface area contributed by atoms with Gasteiger partial charge in [-0.1, -0.05) is 6.07 Å². The van der Waals surface area contributed by atoms with Gasteiger partial charge in [0, 0.05) is 31.7 Å². The summed E-state index contributed by atoms with van der Waals surface area (Å²) in [5.41, 5.74) is 0.589. The van der Waals surface area contributed by atoms with E-state index >= 15 is 0 Å². The molecular weight excluding hydrogens is 392 g/mol. The molecule has 1 aromatic carbocycles. The molecule has 2 aliphatic heterocycles. The fraction of sp³-hybridized carbons (Fsp3) is 0.350. The van der Waals surface area contributed by atoms with Gasteiger partial charge in [0.1, 0.15) is 23.7 Å². The molecule has 0 aliphatic carbocycles. The molecule has 2 aliphatic rings. The number of anilines is 1. The number of likely N-dealkylation sites (tertiary alicyclic amines) is 1. The molecule has 0 radical (unpaired) electrons. The Labute approximate surface area is 171 Å². The highest BCUT2D eigenvalue weighted by Crippen LogP contribution is 2.35. The molecule has 2 aromatic heterocycles. The number of rotatable bonds is 4. The highest BCUT2D eigenvalue weighted by Gasteiger charge is 2.46. The van der Waals surface area contributed by atoms with Crippen molar-refractivity contribution in [3.05, 3.63) is 59.9 Å². The third-order valence-electron chi connectivity index (χ3n) is 5.77. The van der Waals surface area contributed by atoms with Crippen molar-refractivity contribution in [2.45, 2.75) is 19.1 Å². The number of hydrogen-bond donors (Lipinski definition) is 0. The van der Waals surface area contributed by atoms with E-state index < -0.39 is 12.5 Å². The van der Waals surface area contributed by atoms with E-state index in [2.05, 4.69) is 20.2 Å². The second-order valence-electron chi connectivity index (χ2n) is 7.45. The summed E-state index contributed by atoms with van der Waals surface area (Å²) < 4.78 is 27.6. The number of carbonyl (C=O) groups is 1. The fourth-order valence-corrected chi connectivity index (χ4v) is 4.20. The number of piperidine rings is 1. The van der Waals surface area contributed by atoms with Crippen molar-refractivity contribution < 1.29 is 13.6 Å². The van der Waals surface area contributed by atoms with Gasteiger partial charge in [0.2, 0.25) is 5.95 Å². The van der Waals surface area contributed by atoms with Gasteiger partial charge < -0.3 is 9.80 Å². The molecule has 0 bridgehead atoms. The van der Waals surface area contributed by atoms with Gasteiger partial charge in [0.25, 0.3) is 5.91 Å².